The molecule has 0 aliphatic carbocycles. The number of nitrogens with one attached hydrogen (secondary N) is 1. The number of hydrogen-bond acceptors (Lipinski definition) is 2. The molecule has 0 aromatic carbocycles. The van der Waals surface area contributed by atoms with Crippen molar-refractivity contribution in [1.29, 1.82) is 0 Å². The van der Waals surface area contributed by atoms with Crippen LogP contribution in [0, 0.1) is 0 Å². The lowest BCUT2D eigenvalue weighted by molar-refractivity contribution is 0.350. The fraction of sp³-hybridized carbons (Fsp3) is 0.778. The zero-order valence-electron chi connectivity index (χ0n) is 7.77. The quantitative estimate of drug-likeness (QED) is 0.439. The zero-order valence-corrected chi connectivity index (χ0v) is 7.77. The molecule has 0 spiro atoms. The van der Waals surface area contributed by atoms with Gasteiger partial charge in [-0.1, -0.05) is 13.0 Å². The zero-order chi connectivity index (χ0) is 8.53. The topological polar surface area (TPSA) is 15.3 Å². The van der Waals surface area contributed by atoms with Crippen molar-refractivity contribution in [2.24, 2.45) is 0 Å². The summed E-state index contributed by atoms with van der Waals surface area (Å²) in [7, 11) is 2.13. The van der Waals surface area contributed by atoms with Crippen molar-refractivity contribution in [3.8, 4) is 0 Å². The van der Waals surface area contributed by atoms with E-state index in [-0.39, 0.29) is 0 Å². The van der Waals surface area contributed by atoms with E-state index in [0.29, 0.717) is 0 Å². The summed E-state index contributed by atoms with van der Waals surface area (Å²) in [5.74, 6) is 0. The van der Waals surface area contributed by atoms with Crippen molar-refractivity contribution in [3.05, 3.63) is 12.7 Å². The first-order valence-corrected chi connectivity index (χ1v) is 4.31. The summed E-state index contributed by atoms with van der Waals surface area (Å²) < 4.78 is 0. The second kappa shape index (κ2) is 7.76. The fourth-order valence-corrected chi connectivity index (χ4v) is 0.757. The van der Waals surface area contributed by atoms with E-state index < -0.39 is 0 Å². The summed E-state index contributed by atoms with van der Waals surface area (Å²) in [6, 6.07) is 0. The predicted molar refractivity (Wildman–Crippen MR) is 50.9 cm³/mol. The molecule has 0 amide bonds. The molecular formula is C9H20N2. The molecule has 0 atom stereocenters. The molecule has 0 radical (unpaired) electrons. The predicted octanol–water partition coefficient (Wildman–Crippen LogP) is 1.10. The minimum atomic E-state index is 1.06. The van der Waals surface area contributed by atoms with E-state index in [1.54, 1.807) is 0 Å². The number of nitrogens with zero attached hydrogens (tertiary/aromatic N) is 1. The van der Waals surface area contributed by atoms with Crippen LogP contribution in [-0.2, 0) is 0 Å². The summed E-state index contributed by atoms with van der Waals surface area (Å²) in [6.07, 6.45) is 3.01. The number of likely N-dealkylation sites (N-methyl/N-ethyl adjacent to an activating group) is 1. The van der Waals surface area contributed by atoms with Crippen molar-refractivity contribution < 1.29 is 0 Å². The van der Waals surface area contributed by atoms with Gasteiger partial charge >= 0.3 is 0 Å². The van der Waals surface area contributed by atoms with Crippen LogP contribution in [-0.4, -0.2) is 38.1 Å². The van der Waals surface area contributed by atoms with Gasteiger partial charge < -0.3 is 10.2 Å². The van der Waals surface area contributed by atoms with Gasteiger partial charge in [0.1, 0.15) is 0 Å². The normalized spacial score (nSPS) is 10.5. The highest BCUT2D eigenvalue weighted by Crippen LogP contribution is 1.79. The first-order chi connectivity index (χ1) is 5.31. The summed E-state index contributed by atoms with van der Waals surface area (Å²) in [4.78, 5) is 2.29. The molecule has 0 aliphatic heterocycles. The Morgan fingerprint density at radius 3 is 2.73 bits per heavy atom. The van der Waals surface area contributed by atoms with Crippen LogP contribution in [0.5, 0.6) is 0 Å². The minimum absolute atomic E-state index is 1.06. The Labute approximate surface area is 70.3 Å². The van der Waals surface area contributed by atoms with Gasteiger partial charge in [0.05, 0.1) is 0 Å². The Morgan fingerprint density at radius 1 is 1.45 bits per heavy atom. The lowest BCUT2D eigenvalue weighted by atomic mass is 10.4. The molecule has 0 aliphatic rings. The molecule has 0 aromatic rings. The number of rotatable bonds is 7. The molecular weight excluding hydrogens is 136 g/mol. The summed E-state index contributed by atoms with van der Waals surface area (Å²) in [5.41, 5.74) is 0. The Bertz CT molecular complexity index is 91.6. The van der Waals surface area contributed by atoms with Gasteiger partial charge in [-0.2, -0.15) is 0 Å². The Morgan fingerprint density at radius 2 is 2.18 bits per heavy atom. The molecule has 0 aromatic heterocycles. The van der Waals surface area contributed by atoms with Crippen molar-refractivity contribution in [1.82, 2.24) is 10.2 Å². The summed E-state index contributed by atoms with van der Waals surface area (Å²) in [5, 5.41) is 3.34. The van der Waals surface area contributed by atoms with Crippen LogP contribution in [0.4, 0.5) is 0 Å². The second-order valence-electron chi connectivity index (χ2n) is 2.72. The maximum atomic E-state index is 3.66. The maximum Gasteiger partial charge on any atom is 0.0104 e. The molecule has 0 saturated carbocycles. The first-order valence-electron chi connectivity index (χ1n) is 4.31. The molecule has 0 heterocycles. The largest absolute Gasteiger partial charge is 0.315 e. The van der Waals surface area contributed by atoms with E-state index in [1.807, 2.05) is 6.08 Å². The molecule has 0 bridgehead atoms. The Kier molecular flexibility index (Phi) is 7.52. The van der Waals surface area contributed by atoms with Crippen LogP contribution in [0.15, 0.2) is 12.7 Å². The van der Waals surface area contributed by atoms with Crippen LogP contribution < -0.4 is 5.32 Å². The van der Waals surface area contributed by atoms with Crippen LogP contribution in [0.3, 0.4) is 0 Å². The smallest absolute Gasteiger partial charge is 0.0104 e. The SMILES string of the molecule is C=CCCNCCN(C)CC. The van der Waals surface area contributed by atoms with Crippen molar-refractivity contribution >= 4 is 0 Å². The highest BCUT2D eigenvalue weighted by Gasteiger charge is 1.91. The van der Waals surface area contributed by atoms with Gasteiger partial charge in [-0.3, -0.25) is 0 Å². The van der Waals surface area contributed by atoms with E-state index in [2.05, 4.69) is 30.8 Å². The molecule has 2 nitrogen and oxygen atoms in total. The van der Waals surface area contributed by atoms with Crippen LogP contribution in [0.25, 0.3) is 0 Å². The van der Waals surface area contributed by atoms with Crippen molar-refractivity contribution in [2.45, 2.75) is 13.3 Å². The van der Waals surface area contributed by atoms with E-state index in [1.165, 1.54) is 0 Å². The standard InChI is InChI=1S/C9H20N2/c1-4-6-7-10-8-9-11(3)5-2/h4,10H,1,5-9H2,2-3H3. The molecule has 0 rings (SSSR count). The monoisotopic (exact) mass is 156 g/mol. The fourth-order valence-electron chi connectivity index (χ4n) is 0.757. The van der Waals surface area contributed by atoms with Gasteiger partial charge in [0, 0.05) is 13.1 Å². The van der Waals surface area contributed by atoms with E-state index in [4.69, 9.17) is 0 Å². The second-order valence-corrected chi connectivity index (χ2v) is 2.72. The Balaban J connectivity index is 2.95. The molecule has 2 heteroatoms. The van der Waals surface area contributed by atoms with Gasteiger partial charge in [0.15, 0.2) is 0 Å². The molecule has 11 heavy (non-hydrogen) atoms. The molecule has 0 fully saturated rings. The highest BCUT2D eigenvalue weighted by molar-refractivity contribution is 4.67. The van der Waals surface area contributed by atoms with Gasteiger partial charge in [0.2, 0.25) is 0 Å². The van der Waals surface area contributed by atoms with Crippen LogP contribution in [0.1, 0.15) is 13.3 Å². The third kappa shape index (κ3) is 7.56. The average Bonchev–Trinajstić information content (AvgIpc) is 2.04. The van der Waals surface area contributed by atoms with Gasteiger partial charge in [-0.25, -0.2) is 0 Å². The number of hydrogen-bond donors (Lipinski definition) is 1. The summed E-state index contributed by atoms with van der Waals surface area (Å²) in [6.45, 7) is 10.2. The molecule has 0 saturated heterocycles. The van der Waals surface area contributed by atoms with E-state index in [0.717, 1.165) is 32.6 Å². The van der Waals surface area contributed by atoms with E-state index >= 15 is 0 Å². The van der Waals surface area contributed by atoms with Crippen LogP contribution >= 0.6 is 0 Å². The highest BCUT2D eigenvalue weighted by atomic mass is 15.1. The van der Waals surface area contributed by atoms with Crippen molar-refractivity contribution in [3.63, 3.8) is 0 Å². The van der Waals surface area contributed by atoms with Gasteiger partial charge in [-0.05, 0) is 26.6 Å². The van der Waals surface area contributed by atoms with Gasteiger partial charge in [0.25, 0.3) is 0 Å². The Hall–Kier alpha value is -0.340. The van der Waals surface area contributed by atoms with Crippen molar-refractivity contribution in [2.75, 3.05) is 33.2 Å². The minimum Gasteiger partial charge on any atom is -0.315 e. The third-order valence-corrected chi connectivity index (χ3v) is 1.74. The lowest BCUT2D eigenvalue weighted by Crippen LogP contribution is -2.29. The van der Waals surface area contributed by atoms with E-state index in [9.17, 15) is 0 Å². The average molecular weight is 156 g/mol. The molecule has 66 valence electrons. The molecule has 1 N–H and O–H groups in total. The molecule has 0 unspecified atom stereocenters. The lowest BCUT2D eigenvalue weighted by Gasteiger charge is -2.13. The first kappa shape index (κ1) is 10.7. The van der Waals surface area contributed by atoms with Crippen LogP contribution in [0.2, 0.25) is 0 Å². The summed E-state index contributed by atoms with van der Waals surface area (Å²) >= 11 is 0. The van der Waals surface area contributed by atoms with Gasteiger partial charge in [-0.15, -0.1) is 6.58 Å². The maximum absolute atomic E-state index is 3.66. The third-order valence-electron chi connectivity index (χ3n) is 1.74.